The fourth-order valence-corrected chi connectivity index (χ4v) is 1.95. The molecular weight excluding hydrogens is 343 g/mol. The van der Waals surface area contributed by atoms with E-state index in [-0.39, 0.29) is 18.7 Å². The Bertz CT molecular complexity index is 644. The van der Waals surface area contributed by atoms with Crippen molar-refractivity contribution < 1.29 is 18.4 Å². The molecule has 2 amide bonds. The average molecular weight is 355 g/mol. The summed E-state index contributed by atoms with van der Waals surface area (Å²) in [7, 11) is 0. The molecule has 1 heterocycles. The molecule has 0 saturated heterocycles. The van der Waals surface area contributed by atoms with Gasteiger partial charge in [-0.15, -0.1) is 0 Å². The molecule has 0 radical (unpaired) electrons. The summed E-state index contributed by atoms with van der Waals surface area (Å²) in [6.07, 6.45) is 1.50. The molecular formula is C14H12BrFN2O3. The van der Waals surface area contributed by atoms with Gasteiger partial charge < -0.3 is 15.1 Å². The summed E-state index contributed by atoms with van der Waals surface area (Å²) in [5.41, 5.74) is -0.122. The molecule has 0 spiro atoms. The van der Waals surface area contributed by atoms with E-state index in [9.17, 15) is 14.0 Å². The zero-order chi connectivity index (χ0) is 15.2. The normalized spacial score (nSPS) is 10.2. The summed E-state index contributed by atoms with van der Waals surface area (Å²) in [6.45, 7) is -0.0154. The van der Waals surface area contributed by atoms with Crippen LogP contribution in [0.5, 0.6) is 0 Å². The fraction of sp³-hybridized carbons (Fsp3) is 0.143. The van der Waals surface area contributed by atoms with E-state index in [0.29, 0.717) is 10.2 Å². The molecule has 0 saturated carbocycles. The number of furan rings is 1. The third kappa shape index (κ3) is 4.42. The highest BCUT2D eigenvalue weighted by molar-refractivity contribution is 9.10. The summed E-state index contributed by atoms with van der Waals surface area (Å²) in [5.74, 6) is -1.09. The highest BCUT2D eigenvalue weighted by atomic mass is 79.9. The Morgan fingerprint density at radius 1 is 1.24 bits per heavy atom. The first-order valence-electron chi connectivity index (χ1n) is 6.08. The number of amides is 2. The Labute approximate surface area is 128 Å². The molecule has 2 N–H and O–H groups in total. The van der Waals surface area contributed by atoms with Gasteiger partial charge in [-0.2, -0.15) is 0 Å². The lowest BCUT2D eigenvalue weighted by atomic mass is 10.2. The predicted molar refractivity (Wildman–Crippen MR) is 77.0 cm³/mol. The van der Waals surface area contributed by atoms with Gasteiger partial charge in [0.1, 0.15) is 11.6 Å². The van der Waals surface area contributed by atoms with Crippen LogP contribution in [0.4, 0.5) is 4.39 Å². The summed E-state index contributed by atoms with van der Waals surface area (Å²) in [6, 6.07) is 7.44. The van der Waals surface area contributed by atoms with Gasteiger partial charge in [0.25, 0.3) is 5.91 Å². The Hall–Kier alpha value is -2.15. The number of rotatable bonds is 5. The number of carbonyl (C=O) groups is 2. The molecule has 21 heavy (non-hydrogen) atoms. The number of benzene rings is 1. The molecule has 1 aromatic carbocycles. The molecule has 5 nitrogen and oxygen atoms in total. The molecule has 0 fully saturated rings. The Kier molecular flexibility index (Phi) is 5.10. The lowest BCUT2D eigenvalue weighted by Crippen LogP contribution is -2.36. The van der Waals surface area contributed by atoms with Crippen molar-refractivity contribution in [3.63, 3.8) is 0 Å². The maximum absolute atomic E-state index is 13.5. The third-order valence-electron chi connectivity index (χ3n) is 2.62. The third-order valence-corrected chi connectivity index (χ3v) is 3.12. The maximum Gasteiger partial charge on any atom is 0.254 e. The van der Waals surface area contributed by atoms with Crippen LogP contribution in [0.15, 0.2) is 45.5 Å². The molecule has 7 heteroatoms. The minimum Gasteiger partial charge on any atom is -0.467 e. The van der Waals surface area contributed by atoms with Gasteiger partial charge in [-0.3, -0.25) is 9.59 Å². The van der Waals surface area contributed by atoms with Crippen molar-refractivity contribution >= 4 is 27.7 Å². The second-order valence-electron chi connectivity index (χ2n) is 4.16. The second-order valence-corrected chi connectivity index (χ2v) is 5.08. The van der Waals surface area contributed by atoms with Gasteiger partial charge in [0.15, 0.2) is 0 Å². The Morgan fingerprint density at radius 3 is 2.76 bits per heavy atom. The minimum atomic E-state index is -0.651. The quantitative estimate of drug-likeness (QED) is 0.864. The molecule has 0 aliphatic rings. The largest absolute Gasteiger partial charge is 0.467 e. The highest BCUT2D eigenvalue weighted by Crippen LogP contribution is 2.15. The van der Waals surface area contributed by atoms with Crippen molar-refractivity contribution in [3.05, 3.63) is 58.2 Å². The van der Waals surface area contributed by atoms with E-state index in [2.05, 4.69) is 26.6 Å². The predicted octanol–water partition coefficient (Wildman–Crippen LogP) is 2.23. The number of halogens is 2. The summed E-state index contributed by atoms with van der Waals surface area (Å²) >= 11 is 3.16. The second kappa shape index (κ2) is 7.03. The molecule has 2 rings (SSSR count). The van der Waals surface area contributed by atoms with Gasteiger partial charge in [0.05, 0.1) is 24.9 Å². The molecule has 110 valence electrons. The van der Waals surface area contributed by atoms with E-state index in [1.54, 1.807) is 12.1 Å². The molecule has 0 atom stereocenters. The Balaban J connectivity index is 1.83. The molecule has 1 aromatic heterocycles. The first kappa shape index (κ1) is 15.2. The van der Waals surface area contributed by atoms with Crippen molar-refractivity contribution in [3.8, 4) is 0 Å². The van der Waals surface area contributed by atoms with Crippen molar-refractivity contribution in [1.82, 2.24) is 10.6 Å². The molecule has 0 bridgehead atoms. The van der Waals surface area contributed by atoms with Crippen LogP contribution >= 0.6 is 15.9 Å². The monoisotopic (exact) mass is 354 g/mol. The number of hydrogen-bond acceptors (Lipinski definition) is 3. The van der Waals surface area contributed by atoms with Crippen LogP contribution in [0.2, 0.25) is 0 Å². The number of carbonyl (C=O) groups excluding carboxylic acids is 2. The van der Waals surface area contributed by atoms with Crippen molar-refractivity contribution in [2.24, 2.45) is 0 Å². The number of nitrogens with one attached hydrogen (secondary N) is 2. The zero-order valence-corrected chi connectivity index (χ0v) is 12.4. The highest BCUT2D eigenvalue weighted by Gasteiger charge is 2.13. The lowest BCUT2D eigenvalue weighted by Gasteiger charge is -2.07. The molecule has 0 aliphatic heterocycles. The first-order valence-corrected chi connectivity index (χ1v) is 6.88. The summed E-state index contributed by atoms with van der Waals surface area (Å²) in [5, 5.41) is 4.92. The van der Waals surface area contributed by atoms with Crippen molar-refractivity contribution in [2.45, 2.75) is 6.54 Å². The summed E-state index contributed by atoms with van der Waals surface area (Å²) in [4.78, 5) is 23.3. The number of hydrogen-bond donors (Lipinski definition) is 2. The topological polar surface area (TPSA) is 71.3 Å². The molecule has 0 unspecified atom stereocenters. The SMILES string of the molecule is O=C(CNC(=O)c1cc(Br)ccc1F)NCc1ccco1. The van der Waals surface area contributed by atoms with Crippen molar-refractivity contribution in [1.29, 1.82) is 0 Å². The first-order chi connectivity index (χ1) is 10.1. The smallest absolute Gasteiger partial charge is 0.254 e. The van der Waals surface area contributed by atoms with Gasteiger partial charge in [-0.1, -0.05) is 15.9 Å². The van der Waals surface area contributed by atoms with E-state index in [4.69, 9.17) is 4.42 Å². The zero-order valence-electron chi connectivity index (χ0n) is 10.9. The van der Waals surface area contributed by atoms with Crippen LogP contribution in [-0.4, -0.2) is 18.4 Å². The van der Waals surface area contributed by atoms with Crippen LogP contribution in [0.1, 0.15) is 16.1 Å². The van der Waals surface area contributed by atoms with E-state index < -0.39 is 17.6 Å². The van der Waals surface area contributed by atoms with Crippen LogP contribution in [-0.2, 0) is 11.3 Å². The maximum atomic E-state index is 13.5. The van der Waals surface area contributed by atoms with Gasteiger partial charge in [-0.25, -0.2) is 4.39 Å². The van der Waals surface area contributed by atoms with E-state index in [1.807, 2.05) is 0 Å². The summed E-state index contributed by atoms with van der Waals surface area (Å²) < 4.78 is 19.1. The van der Waals surface area contributed by atoms with Crippen LogP contribution in [0.3, 0.4) is 0 Å². The van der Waals surface area contributed by atoms with Gasteiger partial charge >= 0.3 is 0 Å². The van der Waals surface area contributed by atoms with E-state index in [0.717, 1.165) is 0 Å². The van der Waals surface area contributed by atoms with Gasteiger partial charge in [0.2, 0.25) is 5.91 Å². The molecule has 0 aliphatic carbocycles. The standard InChI is InChI=1S/C14H12BrFN2O3/c15-9-3-4-12(16)11(6-9)14(20)18-8-13(19)17-7-10-2-1-5-21-10/h1-6H,7-8H2,(H,17,19)(H,18,20). The van der Waals surface area contributed by atoms with Crippen molar-refractivity contribution in [2.75, 3.05) is 6.54 Å². The van der Waals surface area contributed by atoms with E-state index >= 15 is 0 Å². The van der Waals surface area contributed by atoms with Gasteiger partial charge in [-0.05, 0) is 30.3 Å². The fourth-order valence-electron chi connectivity index (χ4n) is 1.59. The molecule has 2 aromatic rings. The van der Waals surface area contributed by atoms with Crippen LogP contribution in [0, 0.1) is 5.82 Å². The average Bonchev–Trinajstić information content (AvgIpc) is 2.98. The lowest BCUT2D eigenvalue weighted by molar-refractivity contribution is -0.120. The van der Waals surface area contributed by atoms with Crippen LogP contribution in [0.25, 0.3) is 0 Å². The van der Waals surface area contributed by atoms with E-state index in [1.165, 1.54) is 24.5 Å². The van der Waals surface area contributed by atoms with Gasteiger partial charge in [0, 0.05) is 4.47 Å². The van der Waals surface area contributed by atoms with Crippen LogP contribution < -0.4 is 10.6 Å². The minimum absolute atomic E-state index is 0.122. The Morgan fingerprint density at radius 2 is 2.05 bits per heavy atom.